The van der Waals surface area contributed by atoms with E-state index in [2.05, 4.69) is 22.4 Å². The van der Waals surface area contributed by atoms with Gasteiger partial charge in [0.1, 0.15) is 6.04 Å². The Balaban J connectivity index is 1.65. The van der Waals surface area contributed by atoms with E-state index in [1.165, 1.54) is 11.2 Å². The largest absolute Gasteiger partial charge is 0.459 e. The first kappa shape index (κ1) is 18.5. The van der Waals surface area contributed by atoms with Crippen molar-refractivity contribution in [1.82, 2.24) is 25.1 Å². The minimum Gasteiger partial charge on any atom is -0.459 e. The molecule has 3 rings (SSSR count). The van der Waals surface area contributed by atoms with Crippen LogP contribution in [0.25, 0.3) is 0 Å². The highest BCUT2D eigenvalue weighted by atomic mass is 16.5. The van der Waals surface area contributed by atoms with Crippen molar-refractivity contribution in [2.45, 2.75) is 32.4 Å². The van der Waals surface area contributed by atoms with Crippen LogP contribution in [0.5, 0.6) is 0 Å². The molecule has 26 heavy (non-hydrogen) atoms. The predicted molar refractivity (Wildman–Crippen MR) is 92.7 cm³/mol. The quantitative estimate of drug-likeness (QED) is 0.698. The molecule has 1 N–H and O–H groups in total. The maximum absolute atomic E-state index is 12.4. The van der Waals surface area contributed by atoms with Crippen LogP contribution in [-0.4, -0.2) is 70.9 Å². The molecule has 0 bridgehead atoms. The van der Waals surface area contributed by atoms with E-state index in [9.17, 15) is 4.79 Å². The van der Waals surface area contributed by atoms with Gasteiger partial charge in [-0.1, -0.05) is 13.3 Å². The lowest BCUT2D eigenvalue weighted by Crippen LogP contribution is -3.15. The Bertz CT molecular complexity index is 678. The second-order valence-electron chi connectivity index (χ2n) is 6.52. The van der Waals surface area contributed by atoms with E-state index >= 15 is 0 Å². The molecule has 1 aliphatic heterocycles. The van der Waals surface area contributed by atoms with E-state index in [0.29, 0.717) is 32.0 Å². The van der Waals surface area contributed by atoms with Crippen LogP contribution in [0.15, 0.2) is 22.8 Å². The molecule has 9 heteroatoms. The van der Waals surface area contributed by atoms with Crippen LogP contribution in [-0.2, 0) is 11.3 Å². The highest BCUT2D eigenvalue weighted by Gasteiger charge is 2.33. The second-order valence-corrected chi connectivity index (χ2v) is 6.52. The van der Waals surface area contributed by atoms with Gasteiger partial charge in [-0.05, 0) is 22.6 Å². The first-order chi connectivity index (χ1) is 12.7. The number of hydrogen-bond acceptors (Lipinski definition) is 6. The summed E-state index contributed by atoms with van der Waals surface area (Å²) in [6.07, 6.45) is 3.60. The summed E-state index contributed by atoms with van der Waals surface area (Å²) in [4.78, 5) is 15.7. The fourth-order valence-corrected chi connectivity index (χ4v) is 3.50. The summed E-state index contributed by atoms with van der Waals surface area (Å²) in [6.45, 7) is 6.55. The molecule has 0 unspecified atom stereocenters. The van der Waals surface area contributed by atoms with Crippen molar-refractivity contribution in [2.24, 2.45) is 0 Å². The Morgan fingerprint density at radius 3 is 2.88 bits per heavy atom. The molecule has 1 amide bonds. The van der Waals surface area contributed by atoms with Crippen LogP contribution >= 0.6 is 0 Å². The number of hydrogen-bond donors (Lipinski definition) is 1. The molecule has 2 aromatic heterocycles. The van der Waals surface area contributed by atoms with Gasteiger partial charge in [0.2, 0.25) is 5.82 Å². The van der Waals surface area contributed by atoms with Crippen LogP contribution in [0.3, 0.4) is 0 Å². The maximum Gasteiger partial charge on any atom is 0.289 e. The minimum atomic E-state index is -0.0361. The monoisotopic (exact) mass is 363 g/mol. The van der Waals surface area contributed by atoms with E-state index in [1.54, 1.807) is 19.2 Å². The molecular formula is C17H27N6O3+. The number of ether oxygens (including phenoxy) is 1. The number of piperazine rings is 1. The molecule has 142 valence electrons. The third-order valence-electron chi connectivity index (χ3n) is 4.87. The molecule has 0 spiro atoms. The smallest absolute Gasteiger partial charge is 0.289 e. The molecule has 0 aliphatic carbocycles. The molecule has 1 saturated heterocycles. The summed E-state index contributed by atoms with van der Waals surface area (Å²) in [5.41, 5.74) is 0. The number of nitrogens with zero attached hydrogens (tertiary/aromatic N) is 5. The van der Waals surface area contributed by atoms with Crippen molar-refractivity contribution < 1.29 is 18.8 Å². The number of quaternary nitrogens is 1. The van der Waals surface area contributed by atoms with Gasteiger partial charge in [-0.2, -0.15) is 0 Å². The Hall–Kier alpha value is -2.26. The van der Waals surface area contributed by atoms with Crippen molar-refractivity contribution in [2.75, 3.05) is 39.9 Å². The predicted octanol–water partition coefficient (Wildman–Crippen LogP) is -0.205. The minimum absolute atomic E-state index is 0.0361. The van der Waals surface area contributed by atoms with Gasteiger partial charge in [-0.3, -0.25) is 4.79 Å². The lowest BCUT2D eigenvalue weighted by atomic mass is 10.1. The maximum atomic E-state index is 12.4. The number of aromatic nitrogens is 4. The van der Waals surface area contributed by atoms with Crippen LogP contribution in [0.1, 0.15) is 42.2 Å². The summed E-state index contributed by atoms with van der Waals surface area (Å²) in [7, 11) is 1.67. The third kappa shape index (κ3) is 4.10. The Labute approximate surface area is 152 Å². The van der Waals surface area contributed by atoms with Gasteiger partial charge < -0.3 is 19.0 Å². The Kier molecular flexibility index (Phi) is 6.35. The summed E-state index contributed by atoms with van der Waals surface area (Å²) in [6, 6.07) is 3.68. The van der Waals surface area contributed by atoms with Crippen molar-refractivity contribution >= 4 is 5.91 Å². The summed E-state index contributed by atoms with van der Waals surface area (Å²) >= 11 is 0. The topological polar surface area (TPSA) is 90.7 Å². The zero-order chi connectivity index (χ0) is 18.4. The molecule has 1 fully saturated rings. The molecule has 9 nitrogen and oxygen atoms in total. The molecule has 3 heterocycles. The highest BCUT2D eigenvalue weighted by molar-refractivity contribution is 5.91. The number of methoxy groups -OCH3 is 1. The average molecular weight is 363 g/mol. The molecule has 0 aromatic carbocycles. The van der Waals surface area contributed by atoms with Crippen molar-refractivity contribution in [3.8, 4) is 0 Å². The molecule has 1 atom stereocenters. The number of tetrazole rings is 1. The van der Waals surface area contributed by atoms with Crippen LogP contribution < -0.4 is 4.90 Å². The Morgan fingerprint density at radius 1 is 1.42 bits per heavy atom. The molecule has 0 radical (unpaired) electrons. The van der Waals surface area contributed by atoms with Crippen LogP contribution in [0.4, 0.5) is 0 Å². The molecular weight excluding hydrogens is 336 g/mol. The molecule has 2 aromatic rings. The van der Waals surface area contributed by atoms with Crippen molar-refractivity contribution in [3.63, 3.8) is 0 Å². The first-order valence-corrected chi connectivity index (χ1v) is 9.17. The zero-order valence-corrected chi connectivity index (χ0v) is 15.4. The van der Waals surface area contributed by atoms with Crippen molar-refractivity contribution in [1.29, 1.82) is 0 Å². The van der Waals surface area contributed by atoms with Gasteiger partial charge in [-0.15, -0.1) is 5.10 Å². The van der Waals surface area contributed by atoms with E-state index in [4.69, 9.17) is 9.15 Å². The third-order valence-corrected chi connectivity index (χ3v) is 4.87. The van der Waals surface area contributed by atoms with Gasteiger partial charge in [0.15, 0.2) is 5.76 Å². The average Bonchev–Trinajstić information content (AvgIpc) is 3.36. The number of amides is 1. The van der Waals surface area contributed by atoms with E-state index in [0.717, 1.165) is 31.8 Å². The van der Waals surface area contributed by atoms with E-state index in [1.807, 2.05) is 9.58 Å². The fraction of sp³-hybridized carbons (Fsp3) is 0.647. The van der Waals surface area contributed by atoms with Gasteiger partial charge in [0.05, 0.1) is 45.6 Å². The number of carbonyl (C=O) groups excluding carboxylic acids is 1. The summed E-state index contributed by atoms with van der Waals surface area (Å²) in [5, 5.41) is 12.3. The summed E-state index contributed by atoms with van der Waals surface area (Å²) in [5.74, 6) is 1.28. The van der Waals surface area contributed by atoms with E-state index < -0.39 is 0 Å². The lowest BCUT2D eigenvalue weighted by Gasteiger charge is -2.35. The van der Waals surface area contributed by atoms with Gasteiger partial charge >= 0.3 is 0 Å². The highest BCUT2D eigenvalue weighted by Crippen LogP contribution is 2.13. The SMILES string of the molecule is CCC[C@@H](c1nnnn1CCOC)[NH+]1CCN(C(=O)c2ccco2)CC1. The second kappa shape index (κ2) is 8.91. The van der Waals surface area contributed by atoms with Gasteiger partial charge in [-0.25, -0.2) is 4.68 Å². The molecule has 0 saturated carbocycles. The van der Waals surface area contributed by atoms with Crippen molar-refractivity contribution in [3.05, 3.63) is 30.0 Å². The number of nitrogens with one attached hydrogen (secondary N) is 1. The van der Waals surface area contributed by atoms with Crippen LogP contribution in [0, 0.1) is 0 Å². The fourth-order valence-electron chi connectivity index (χ4n) is 3.50. The van der Waals surface area contributed by atoms with Gasteiger partial charge in [0.25, 0.3) is 5.91 Å². The Morgan fingerprint density at radius 2 is 2.23 bits per heavy atom. The standard InChI is InChI=1S/C17H26N6O3/c1-3-5-14(16-18-19-20-23(16)11-13-25-2)21-7-9-22(10-8-21)17(24)15-6-4-12-26-15/h4,6,12,14H,3,5,7-11,13H2,1-2H3/p+1/t14-/m0/s1. The zero-order valence-electron chi connectivity index (χ0n) is 15.4. The number of furan rings is 1. The summed E-state index contributed by atoms with van der Waals surface area (Å²) < 4.78 is 12.2. The lowest BCUT2D eigenvalue weighted by molar-refractivity contribution is -0.936. The number of rotatable bonds is 8. The molecule has 1 aliphatic rings. The number of carbonyl (C=O) groups is 1. The van der Waals surface area contributed by atoms with Crippen LogP contribution in [0.2, 0.25) is 0 Å². The normalized spacial score (nSPS) is 16.8. The first-order valence-electron chi connectivity index (χ1n) is 9.17. The van der Waals surface area contributed by atoms with E-state index in [-0.39, 0.29) is 11.9 Å². The van der Waals surface area contributed by atoms with Gasteiger partial charge in [0, 0.05) is 13.5 Å².